The molecule has 0 aromatic heterocycles. The van der Waals surface area contributed by atoms with Crippen molar-refractivity contribution in [2.24, 2.45) is 0 Å². The number of hydrogen-bond acceptors (Lipinski definition) is 3. The minimum Gasteiger partial charge on any atom is -0.377 e. The molecule has 1 aliphatic rings. The van der Waals surface area contributed by atoms with E-state index in [-0.39, 0.29) is 11.8 Å². The summed E-state index contributed by atoms with van der Waals surface area (Å²) >= 11 is 2.28. The first kappa shape index (κ1) is 13.9. The number of anilines is 1. The van der Waals surface area contributed by atoms with Crippen LogP contribution in [-0.2, 0) is 9.84 Å². The van der Waals surface area contributed by atoms with Gasteiger partial charge in [0.05, 0.1) is 16.7 Å². The van der Waals surface area contributed by atoms with Crippen molar-refractivity contribution < 1.29 is 8.42 Å². The Balaban J connectivity index is 1.99. The number of para-hydroxylation sites is 1. The number of hydrogen-bond donors (Lipinski definition) is 1. The second-order valence-corrected chi connectivity index (χ2v) is 8.06. The molecule has 0 saturated carbocycles. The molecule has 0 fully saturated rings. The normalized spacial score (nSPS) is 20.1. The topological polar surface area (TPSA) is 46.2 Å². The van der Waals surface area contributed by atoms with Crippen molar-refractivity contribution in [1.29, 1.82) is 0 Å². The maximum atomic E-state index is 12.1. The molecule has 104 valence electrons. The second kappa shape index (κ2) is 5.37. The van der Waals surface area contributed by atoms with Crippen molar-refractivity contribution in [2.75, 3.05) is 11.1 Å². The third-order valence-electron chi connectivity index (χ3n) is 3.51. The maximum absolute atomic E-state index is 12.1. The summed E-state index contributed by atoms with van der Waals surface area (Å²) in [6.45, 7) is 0. The molecule has 2 aromatic carbocycles. The smallest absolute Gasteiger partial charge is 0.178 e. The van der Waals surface area contributed by atoms with Gasteiger partial charge in [0.2, 0.25) is 0 Å². The molecule has 0 saturated heterocycles. The van der Waals surface area contributed by atoms with Crippen molar-refractivity contribution in [3.63, 3.8) is 0 Å². The van der Waals surface area contributed by atoms with Crippen molar-refractivity contribution in [1.82, 2.24) is 0 Å². The van der Waals surface area contributed by atoms with Gasteiger partial charge in [0.15, 0.2) is 9.84 Å². The fourth-order valence-electron chi connectivity index (χ4n) is 2.51. The van der Waals surface area contributed by atoms with Crippen LogP contribution < -0.4 is 5.32 Å². The highest BCUT2D eigenvalue weighted by molar-refractivity contribution is 14.1. The summed E-state index contributed by atoms with van der Waals surface area (Å²) in [7, 11) is -3.12. The van der Waals surface area contributed by atoms with E-state index in [2.05, 4.69) is 27.9 Å². The Labute approximate surface area is 132 Å². The largest absolute Gasteiger partial charge is 0.377 e. The van der Waals surface area contributed by atoms with E-state index in [1.54, 1.807) is 12.1 Å². The molecule has 1 atom stereocenters. The molecule has 1 heterocycles. The van der Waals surface area contributed by atoms with Crippen LogP contribution >= 0.6 is 22.6 Å². The molecule has 0 bridgehead atoms. The lowest BCUT2D eigenvalue weighted by Crippen LogP contribution is -2.24. The van der Waals surface area contributed by atoms with Gasteiger partial charge in [-0.3, -0.25) is 0 Å². The molecular weight excluding hydrogens is 385 g/mol. The number of sulfone groups is 1. The Morgan fingerprint density at radius 1 is 1.05 bits per heavy atom. The lowest BCUT2D eigenvalue weighted by Gasteiger charge is -2.27. The van der Waals surface area contributed by atoms with E-state index in [1.165, 1.54) is 0 Å². The fraction of sp³-hybridized carbons (Fsp3) is 0.200. The van der Waals surface area contributed by atoms with E-state index in [9.17, 15) is 8.42 Å². The van der Waals surface area contributed by atoms with Gasteiger partial charge in [-0.1, -0.05) is 30.3 Å². The van der Waals surface area contributed by atoms with Crippen molar-refractivity contribution in [3.8, 4) is 0 Å². The second-order valence-electron chi connectivity index (χ2n) is 4.82. The van der Waals surface area contributed by atoms with Crippen LogP contribution in [0.2, 0.25) is 0 Å². The monoisotopic (exact) mass is 399 g/mol. The first-order valence-corrected chi connectivity index (χ1v) is 9.14. The summed E-state index contributed by atoms with van der Waals surface area (Å²) < 4.78 is 25.4. The number of halogens is 1. The molecule has 3 rings (SSSR count). The van der Waals surface area contributed by atoms with Crippen LogP contribution in [0.4, 0.5) is 5.69 Å². The average Bonchev–Trinajstić information content (AvgIpc) is 2.44. The minimum absolute atomic E-state index is 0.0469. The Morgan fingerprint density at radius 2 is 1.75 bits per heavy atom. The van der Waals surface area contributed by atoms with Crippen LogP contribution in [0.5, 0.6) is 0 Å². The molecular formula is C15H14INO2S. The van der Waals surface area contributed by atoms with Crippen LogP contribution in [0.15, 0.2) is 53.4 Å². The summed E-state index contributed by atoms with van der Waals surface area (Å²) in [5.41, 5.74) is 1.92. The zero-order valence-corrected chi connectivity index (χ0v) is 13.7. The molecule has 20 heavy (non-hydrogen) atoms. The SMILES string of the molecule is O=S1(=O)CCC(Nc2ccccc2I)c2ccccc21. The van der Waals surface area contributed by atoms with E-state index in [0.717, 1.165) is 14.8 Å². The predicted octanol–water partition coefficient (Wildman–Crippen LogP) is 3.62. The Kier molecular flexibility index (Phi) is 3.72. The predicted molar refractivity (Wildman–Crippen MR) is 88.6 cm³/mol. The van der Waals surface area contributed by atoms with E-state index < -0.39 is 9.84 Å². The van der Waals surface area contributed by atoms with Gasteiger partial charge >= 0.3 is 0 Å². The zero-order chi connectivity index (χ0) is 14.2. The maximum Gasteiger partial charge on any atom is 0.178 e. The van der Waals surface area contributed by atoms with Gasteiger partial charge in [-0.15, -0.1) is 0 Å². The van der Waals surface area contributed by atoms with Gasteiger partial charge in [0, 0.05) is 9.26 Å². The summed E-state index contributed by atoms with van der Waals surface area (Å²) in [6, 6.07) is 15.4. The summed E-state index contributed by atoms with van der Waals surface area (Å²) in [5.74, 6) is 0.199. The van der Waals surface area contributed by atoms with Gasteiger partial charge in [-0.05, 0) is 52.8 Å². The van der Waals surface area contributed by atoms with Crippen LogP contribution in [0.1, 0.15) is 18.0 Å². The Morgan fingerprint density at radius 3 is 2.55 bits per heavy atom. The molecule has 0 amide bonds. The molecule has 2 aromatic rings. The number of rotatable bonds is 2. The van der Waals surface area contributed by atoms with E-state index in [0.29, 0.717) is 11.3 Å². The highest BCUT2D eigenvalue weighted by atomic mass is 127. The van der Waals surface area contributed by atoms with E-state index in [1.807, 2.05) is 36.4 Å². The molecule has 3 nitrogen and oxygen atoms in total. The van der Waals surface area contributed by atoms with Gasteiger partial charge in [-0.25, -0.2) is 8.42 Å². The average molecular weight is 399 g/mol. The molecule has 1 unspecified atom stereocenters. The van der Waals surface area contributed by atoms with Gasteiger partial charge in [-0.2, -0.15) is 0 Å². The van der Waals surface area contributed by atoms with Crippen molar-refractivity contribution in [2.45, 2.75) is 17.4 Å². The summed E-state index contributed by atoms with van der Waals surface area (Å²) in [6.07, 6.45) is 0.602. The first-order chi connectivity index (χ1) is 9.58. The Bertz CT molecular complexity index is 743. The summed E-state index contributed by atoms with van der Waals surface area (Å²) in [5, 5.41) is 3.47. The fourth-order valence-corrected chi connectivity index (χ4v) is 4.67. The zero-order valence-electron chi connectivity index (χ0n) is 10.7. The molecule has 0 aliphatic carbocycles. The molecule has 5 heteroatoms. The molecule has 1 N–H and O–H groups in total. The quantitative estimate of drug-likeness (QED) is 0.785. The lowest BCUT2D eigenvalue weighted by molar-refractivity contribution is 0.576. The lowest BCUT2D eigenvalue weighted by atomic mass is 10.0. The van der Waals surface area contributed by atoms with Gasteiger partial charge in [0.1, 0.15) is 0 Å². The number of fused-ring (bicyclic) bond motifs is 1. The van der Waals surface area contributed by atoms with Gasteiger partial charge < -0.3 is 5.32 Å². The molecule has 0 radical (unpaired) electrons. The van der Waals surface area contributed by atoms with Crippen molar-refractivity contribution >= 4 is 38.1 Å². The number of benzene rings is 2. The number of nitrogens with one attached hydrogen (secondary N) is 1. The molecule has 1 aliphatic heterocycles. The van der Waals surface area contributed by atoms with Crippen LogP contribution in [0, 0.1) is 3.57 Å². The van der Waals surface area contributed by atoms with Crippen LogP contribution in [0.3, 0.4) is 0 Å². The van der Waals surface area contributed by atoms with Crippen LogP contribution in [-0.4, -0.2) is 14.2 Å². The standard InChI is InChI=1S/C15H14INO2S/c16-12-6-2-3-7-14(12)17-13-9-10-20(18,19)15-8-4-1-5-11(13)15/h1-8,13,17H,9-10H2. The highest BCUT2D eigenvalue weighted by Crippen LogP contribution is 2.35. The summed E-state index contributed by atoms with van der Waals surface area (Å²) in [4.78, 5) is 0.467. The van der Waals surface area contributed by atoms with E-state index >= 15 is 0 Å². The third kappa shape index (κ3) is 2.56. The van der Waals surface area contributed by atoms with Crippen molar-refractivity contribution in [3.05, 3.63) is 57.7 Å². The Hall–Kier alpha value is -1.08. The minimum atomic E-state index is -3.12. The van der Waals surface area contributed by atoms with Gasteiger partial charge in [0.25, 0.3) is 0 Å². The van der Waals surface area contributed by atoms with E-state index in [4.69, 9.17) is 0 Å². The van der Waals surface area contributed by atoms with Crippen LogP contribution in [0.25, 0.3) is 0 Å². The molecule has 0 spiro atoms. The highest BCUT2D eigenvalue weighted by Gasteiger charge is 2.29. The first-order valence-electron chi connectivity index (χ1n) is 6.41. The third-order valence-corrected chi connectivity index (χ3v) is 6.26.